The number of nitrogens with one attached hydrogen (secondary N) is 1. The molecule has 33 heavy (non-hydrogen) atoms. The Morgan fingerprint density at radius 3 is 2.58 bits per heavy atom. The summed E-state index contributed by atoms with van der Waals surface area (Å²) in [6, 6.07) is 11.0. The van der Waals surface area contributed by atoms with Gasteiger partial charge in [-0.25, -0.2) is 9.50 Å². The van der Waals surface area contributed by atoms with Gasteiger partial charge in [0.05, 0.1) is 5.69 Å². The van der Waals surface area contributed by atoms with Gasteiger partial charge in [0.15, 0.2) is 5.65 Å². The number of likely N-dealkylation sites (tertiary alicyclic amines) is 1. The first-order valence-electron chi connectivity index (χ1n) is 12.0. The van der Waals surface area contributed by atoms with Crippen molar-refractivity contribution < 1.29 is 4.79 Å². The normalized spacial score (nSPS) is 17.1. The smallest absolute Gasteiger partial charge is 0.220 e. The molecule has 1 aliphatic rings. The lowest BCUT2D eigenvalue weighted by Crippen LogP contribution is -2.40. The van der Waals surface area contributed by atoms with Crippen LogP contribution in [0.25, 0.3) is 5.65 Å². The first kappa shape index (κ1) is 23.4. The largest absolute Gasteiger partial charge is 0.351 e. The Morgan fingerprint density at radius 1 is 1.15 bits per heavy atom. The van der Waals surface area contributed by atoms with Gasteiger partial charge in [-0.3, -0.25) is 9.69 Å². The Morgan fingerprint density at radius 2 is 1.88 bits per heavy atom. The Balaban J connectivity index is 1.46. The summed E-state index contributed by atoms with van der Waals surface area (Å²) in [5.74, 6) is 0.500. The Bertz CT molecular complexity index is 1140. The van der Waals surface area contributed by atoms with Crippen molar-refractivity contribution in [2.24, 2.45) is 0 Å². The molecular formula is C27H37N5O. The van der Waals surface area contributed by atoms with Crippen molar-refractivity contribution in [2.75, 3.05) is 13.1 Å². The van der Waals surface area contributed by atoms with Crippen molar-refractivity contribution in [2.45, 2.75) is 78.8 Å². The molecule has 1 aromatic carbocycles. The lowest BCUT2D eigenvalue weighted by molar-refractivity contribution is -0.122. The van der Waals surface area contributed by atoms with Crippen LogP contribution in [0.1, 0.15) is 73.3 Å². The molecule has 1 atom stereocenters. The second kappa shape index (κ2) is 9.26. The third kappa shape index (κ3) is 5.61. The van der Waals surface area contributed by atoms with Crippen molar-refractivity contribution in [1.82, 2.24) is 24.8 Å². The van der Waals surface area contributed by atoms with E-state index in [9.17, 15) is 4.79 Å². The molecule has 1 amide bonds. The highest BCUT2D eigenvalue weighted by molar-refractivity contribution is 5.77. The fourth-order valence-corrected chi connectivity index (χ4v) is 4.79. The van der Waals surface area contributed by atoms with E-state index < -0.39 is 0 Å². The maximum Gasteiger partial charge on any atom is 0.220 e. The minimum atomic E-state index is -0.213. The van der Waals surface area contributed by atoms with Gasteiger partial charge < -0.3 is 5.32 Å². The molecule has 0 spiro atoms. The minimum Gasteiger partial charge on any atom is -0.351 e. The third-order valence-corrected chi connectivity index (χ3v) is 6.52. The molecule has 0 saturated carbocycles. The van der Waals surface area contributed by atoms with Crippen LogP contribution in [0.15, 0.2) is 30.3 Å². The van der Waals surface area contributed by atoms with E-state index in [1.807, 2.05) is 32.2 Å². The number of nitrogens with zero attached hydrogens (tertiary/aromatic N) is 4. The van der Waals surface area contributed by atoms with Gasteiger partial charge in [0.25, 0.3) is 0 Å². The van der Waals surface area contributed by atoms with E-state index in [2.05, 4.69) is 54.4 Å². The summed E-state index contributed by atoms with van der Waals surface area (Å²) in [6.45, 7) is 15.4. The monoisotopic (exact) mass is 447 g/mol. The van der Waals surface area contributed by atoms with E-state index in [1.54, 1.807) is 0 Å². The minimum absolute atomic E-state index is 0.0715. The number of amides is 1. The number of carbonyl (C=O) groups is 1. The zero-order valence-corrected chi connectivity index (χ0v) is 20.9. The summed E-state index contributed by atoms with van der Waals surface area (Å²) in [7, 11) is 0. The first-order valence-corrected chi connectivity index (χ1v) is 12.0. The highest BCUT2D eigenvalue weighted by Crippen LogP contribution is 2.29. The summed E-state index contributed by atoms with van der Waals surface area (Å²) in [6.07, 6.45) is 2.25. The number of benzene rings is 1. The predicted molar refractivity (Wildman–Crippen MR) is 132 cm³/mol. The van der Waals surface area contributed by atoms with Crippen LogP contribution < -0.4 is 5.32 Å². The van der Waals surface area contributed by atoms with Gasteiger partial charge in [0.1, 0.15) is 0 Å². The fraction of sp³-hybridized carbons (Fsp3) is 0.519. The van der Waals surface area contributed by atoms with E-state index in [-0.39, 0.29) is 11.4 Å². The molecule has 4 rings (SSSR count). The molecule has 3 aromatic rings. The average Bonchev–Trinajstić information content (AvgIpc) is 3.35. The standard InChI is InChI=1S/C27H37N5O/c1-18-7-9-21(10-8-18)16-31-14-13-22(17-31)24-15-25-28-19(2)23(20(3)32(25)30-24)11-12-26(33)29-27(4,5)6/h7-10,15,22H,11-14,16-17H2,1-6H3,(H,29,33)/t22-/m0/s1. The number of hydrogen-bond donors (Lipinski definition) is 1. The summed E-state index contributed by atoms with van der Waals surface area (Å²) >= 11 is 0. The van der Waals surface area contributed by atoms with Crippen LogP contribution in [0, 0.1) is 20.8 Å². The maximum atomic E-state index is 12.3. The van der Waals surface area contributed by atoms with E-state index in [4.69, 9.17) is 10.1 Å². The number of rotatable bonds is 6. The molecule has 0 radical (unpaired) electrons. The molecular weight excluding hydrogens is 410 g/mol. The van der Waals surface area contributed by atoms with Gasteiger partial charge in [0.2, 0.25) is 5.91 Å². The summed E-state index contributed by atoms with van der Waals surface area (Å²) in [5.41, 5.74) is 7.67. The molecule has 1 aliphatic heterocycles. The van der Waals surface area contributed by atoms with E-state index >= 15 is 0 Å². The van der Waals surface area contributed by atoms with Crippen LogP contribution in [0.5, 0.6) is 0 Å². The molecule has 1 fully saturated rings. The van der Waals surface area contributed by atoms with Crippen LogP contribution in [-0.2, 0) is 17.8 Å². The average molecular weight is 448 g/mol. The second-order valence-corrected chi connectivity index (χ2v) is 10.6. The van der Waals surface area contributed by atoms with Crippen molar-refractivity contribution in [3.63, 3.8) is 0 Å². The molecule has 176 valence electrons. The maximum absolute atomic E-state index is 12.3. The zero-order chi connectivity index (χ0) is 23.8. The lowest BCUT2D eigenvalue weighted by Gasteiger charge is -2.20. The van der Waals surface area contributed by atoms with Crippen LogP contribution >= 0.6 is 0 Å². The van der Waals surface area contributed by atoms with Gasteiger partial charge in [0, 0.05) is 48.4 Å². The van der Waals surface area contributed by atoms with Crippen LogP contribution in [0.2, 0.25) is 0 Å². The van der Waals surface area contributed by atoms with Crippen LogP contribution in [0.4, 0.5) is 0 Å². The SMILES string of the molecule is Cc1ccc(CN2CC[C@H](c3cc4nc(C)c(CCC(=O)NC(C)(C)C)c(C)n4n3)C2)cc1. The Hall–Kier alpha value is -2.73. The molecule has 0 unspecified atom stereocenters. The predicted octanol–water partition coefficient (Wildman–Crippen LogP) is 4.49. The van der Waals surface area contributed by atoms with E-state index in [0.717, 1.165) is 54.3 Å². The summed E-state index contributed by atoms with van der Waals surface area (Å²) in [5, 5.41) is 8.01. The molecule has 6 heteroatoms. The molecule has 0 aliphatic carbocycles. The topological polar surface area (TPSA) is 62.5 Å². The summed E-state index contributed by atoms with van der Waals surface area (Å²) < 4.78 is 1.97. The number of carbonyl (C=O) groups excluding carboxylic acids is 1. The van der Waals surface area contributed by atoms with Crippen LogP contribution in [-0.4, -0.2) is 44.0 Å². The number of aryl methyl sites for hydroxylation is 3. The number of fused-ring (bicyclic) bond motifs is 1. The molecule has 2 aromatic heterocycles. The highest BCUT2D eigenvalue weighted by Gasteiger charge is 2.27. The summed E-state index contributed by atoms with van der Waals surface area (Å²) in [4.78, 5) is 19.7. The molecule has 1 N–H and O–H groups in total. The molecule has 1 saturated heterocycles. The van der Waals surface area contributed by atoms with Crippen molar-refractivity contribution in [3.05, 3.63) is 64.1 Å². The number of hydrogen-bond acceptors (Lipinski definition) is 4. The van der Waals surface area contributed by atoms with Gasteiger partial charge in [-0.1, -0.05) is 29.8 Å². The Kier molecular flexibility index (Phi) is 6.57. The third-order valence-electron chi connectivity index (χ3n) is 6.52. The molecule has 6 nitrogen and oxygen atoms in total. The number of aromatic nitrogens is 3. The Labute approximate surface area is 197 Å². The van der Waals surface area contributed by atoms with Gasteiger partial charge in [-0.15, -0.1) is 0 Å². The zero-order valence-electron chi connectivity index (χ0n) is 20.9. The first-order chi connectivity index (χ1) is 15.6. The van der Waals surface area contributed by atoms with Gasteiger partial charge in [-0.05, 0) is 72.1 Å². The van der Waals surface area contributed by atoms with E-state index in [0.29, 0.717) is 18.8 Å². The van der Waals surface area contributed by atoms with Gasteiger partial charge in [-0.2, -0.15) is 5.10 Å². The van der Waals surface area contributed by atoms with Crippen molar-refractivity contribution in [1.29, 1.82) is 0 Å². The van der Waals surface area contributed by atoms with Crippen molar-refractivity contribution >= 4 is 11.6 Å². The van der Waals surface area contributed by atoms with Crippen molar-refractivity contribution in [3.8, 4) is 0 Å². The molecule has 0 bridgehead atoms. The molecule has 3 heterocycles. The highest BCUT2D eigenvalue weighted by atomic mass is 16.1. The van der Waals surface area contributed by atoms with E-state index in [1.165, 1.54) is 11.1 Å². The quantitative estimate of drug-likeness (QED) is 0.605. The van der Waals surface area contributed by atoms with Crippen LogP contribution in [0.3, 0.4) is 0 Å². The van der Waals surface area contributed by atoms with Gasteiger partial charge >= 0.3 is 0 Å². The lowest BCUT2D eigenvalue weighted by atomic mass is 10.0. The second-order valence-electron chi connectivity index (χ2n) is 10.6. The fourth-order valence-electron chi connectivity index (χ4n) is 4.79.